The predicted molar refractivity (Wildman–Crippen MR) is 66.4 cm³/mol. The third kappa shape index (κ3) is 3.31. The standard InChI is InChI=1S/C14H25NO/c1-15(10-12-6-5-7-12)11-14(16)13-8-3-2-4-9-13/h12-13H,2-11H2,1H3. The highest BCUT2D eigenvalue weighted by Gasteiger charge is 2.24. The summed E-state index contributed by atoms with van der Waals surface area (Å²) >= 11 is 0. The zero-order chi connectivity index (χ0) is 11.4. The molecule has 0 amide bonds. The van der Waals surface area contributed by atoms with E-state index in [1.165, 1.54) is 38.5 Å². The van der Waals surface area contributed by atoms with Crippen LogP contribution in [0.2, 0.25) is 0 Å². The molecule has 0 heterocycles. The van der Waals surface area contributed by atoms with Crippen molar-refractivity contribution in [3.05, 3.63) is 0 Å². The van der Waals surface area contributed by atoms with Crippen molar-refractivity contribution in [2.24, 2.45) is 11.8 Å². The molecule has 2 saturated carbocycles. The number of hydrogen-bond acceptors (Lipinski definition) is 2. The molecule has 0 spiro atoms. The van der Waals surface area contributed by atoms with Gasteiger partial charge in [-0.2, -0.15) is 0 Å². The first-order chi connectivity index (χ1) is 7.75. The highest BCUT2D eigenvalue weighted by molar-refractivity contribution is 5.83. The van der Waals surface area contributed by atoms with Gasteiger partial charge < -0.3 is 0 Å². The summed E-state index contributed by atoms with van der Waals surface area (Å²) in [5, 5.41) is 0. The van der Waals surface area contributed by atoms with Crippen LogP contribution in [0.15, 0.2) is 0 Å². The van der Waals surface area contributed by atoms with E-state index in [-0.39, 0.29) is 0 Å². The maximum atomic E-state index is 12.1. The normalized spacial score (nSPS) is 23.4. The molecule has 0 unspecified atom stereocenters. The van der Waals surface area contributed by atoms with E-state index in [0.717, 1.165) is 25.3 Å². The summed E-state index contributed by atoms with van der Waals surface area (Å²) in [5.41, 5.74) is 0. The summed E-state index contributed by atoms with van der Waals surface area (Å²) in [6, 6.07) is 0. The Morgan fingerprint density at radius 2 is 1.75 bits per heavy atom. The van der Waals surface area contributed by atoms with Crippen molar-refractivity contribution in [3.8, 4) is 0 Å². The Labute approximate surface area is 99.4 Å². The van der Waals surface area contributed by atoms with Crippen LogP contribution in [0, 0.1) is 11.8 Å². The van der Waals surface area contributed by atoms with Crippen LogP contribution in [0.1, 0.15) is 51.4 Å². The van der Waals surface area contributed by atoms with E-state index >= 15 is 0 Å². The van der Waals surface area contributed by atoms with Crippen LogP contribution in [0.3, 0.4) is 0 Å². The molecule has 2 nitrogen and oxygen atoms in total. The molecule has 2 aliphatic carbocycles. The zero-order valence-corrected chi connectivity index (χ0v) is 10.6. The fourth-order valence-corrected chi connectivity index (χ4v) is 3.00. The van der Waals surface area contributed by atoms with Crippen LogP contribution >= 0.6 is 0 Å². The fourth-order valence-electron chi connectivity index (χ4n) is 3.00. The Morgan fingerprint density at radius 1 is 1.06 bits per heavy atom. The van der Waals surface area contributed by atoms with Gasteiger partial charge in [-0.05, 0) is 38.6 Å². The van der Waals surface area contributed by atoms with Crippen molar-refractivity contribution in [1.29, 1.82) is 0 Å². The highest BCUT2D eigenvalue weighted by Crippen LogP contribution is 2.27. The van der Waals surface area contributed by atoms with E-state index in [1.54, 1.807) is 0 Å². The molecule has 0 bridgehead atoms. The fraction of sp³-hybridized carbons (Fsp3) is 0.929. The summed E-state index contributed by atoms with van der Waals surface area (Å²) in [6.45, 7) is 1.83. The lowest BCUT2D eigenvalue weighted by Crippen LogP contribution is -2.36. The molecule has 0 aliphatic heterocycles. The molecule has 0 aromatic carbocycles. The minimum absolute atomic E-state index is 0.387. The maximum Gasteiger partial charge on any atom is 0.149 e. The number of ketones is 1. The lowest BCUT2D eigenvalue weighted by Gasteiger charge is -2.30. The number of likely N-dealkylation sites (N-methyl/N-ethyl adjacent to an activating group) is 1. The van der Waals surface area contributed by atoms with E-state index < -0.39 is 0 Å². The van der Waals surface area contributed by atoms with E-state index in [0.29, 0.717) is 18.2 Å². The molecule has 0 N–H and O–H groups in total. The first kappa shape index (κ1) is 12.1. The minimum atomic E-state index is 0.387. The first-order valence-electron chi connectivity index (χ1n) is 6.97. The SMILES string of the molecule is CN(CC(=O)C1CCCCC1)CC1CCC1. The highest BCUT2D eigenvalue weighted by atomic mass is 16.1. The zero-order valence-electron chi connectivity index (χ0n) is 10.6. The monoisotopic (exact) mass is 223 g/mol. The van der Waals surface area contributed by atoms with Gasteiger partial charge in [0.2, 0.25) is 0 Å². The molecule has 2 heteroatoms. The maximum absolute atomic E-state index is 12.1. The molecule has 92 valence electrons. The number of nitrogens with zero attached hydrogens (tertiary/aromatic N) is 1. The molecule has 0 radical (unpaired) electrons. The van der Waals surface area contributed by atoms with Crippen LogP contribution in [0.4, 0.5) is 0 Å². The van der Waals surface area contributed by atoms with Gasteiger partial charge in [0.25, 0.3) is 0 Å². The van der Waals surface area contributed by atoms with Gasteiger partial charge in [-0.3, -0.25) is 9.69 Å². The minimum Gasteiger partial charge on any atom is -0.299 e. The van der Waals surface area contributed by atoms with Crippen molar-refractivity contribution < 1.29 is 4.79 Å². The quantitative estimate of drug-likeness (QED) is 0.714. The van der Waals surface area contributed by atoms with Crippen LogP contribution in [0.5, 0.6) is 0 Å². The number of carbonyl (C=O) groups is 1. The number of hydrogen-bond donors (Lipinski definition) is 0. The molecule has 2 rings (SSSR count). The van der Waals surface area contributed by atoms with Crippen molar-refractivity contribution in [3.63, 3.8) is 0 Å². The summed E-state index contributed by atoms with van der Waals surface area (Å²) in [6.07, 6.45) is 10.3. The Morgan fingerprint density at radius 3 is 2.31 bits per heavy atom. The van der Waals surface area contributed by atoms with Gasteiger partial charge in [0.15, 0.2) is 0 Å². The summed E-state index contributed by atoms with van der Waals surface area (Å²) in [5.74, 6) is 1.77. The van der Waals surface area contributed by atoms with E-state index in [2.05, 4.69) is 11.9 Å². The molecule has 0 aromatic rings. The summed E-state index contributed by atoms with van der Waals surface area (Å²) in [7, 11) is 2.11. The topological polar surface area (TPSA) is 20.3 Å². The molecular formula is C14H25NO. The number of carbonyl (C=O) groups excluding carboxylic acids is 1. The molecule has 2 fully saturated rings. The Kier molecular flexibility index (Phi) is 4.39. The Bertz CT molecular complexity index is 229. The van der Waals surface area contributed by atoms with Gasteiger partial charge in [0.05, 0.1) is 6.54 Å². The molecule has 0 atom stereocenters. The third-order valence-electron chi connectivity index (χ3n) is 4.28. The molecule has 0 saturated heterocycles. The van der Waals surface area contributed by atoms with Gasteiger partial charge in [0, 0.05) is 12.5 Å². The van der Waals surface area contributed by atoms with E-state index in [9.17, 15) is 4.79 Å². The molecule has 0 aromatic heterocycles. The van der Waals surface area contributed by atoms with Crippen LogP contribution in [0.25, 0.3) is 0 Å². The number of rotatable bonds is 5. The van der Waals surface area contributed by atoms with Crippen LogP contribution in [-0.4, -0.2) is 30.8 Å². The molecule has 16 heavy (non-hydrogen) atoms. The molecular weight excluding hydrogens is 198 g/mol. The van der Waals surface area contributed by atoms with Gasteiger partial charge in [-0.15, -0.1) is 0 Å². The summed E-state index contributed by atoms with van der Waals surface area (Å²) in [4.78, 5) is 14.3. The third-order valence-corrected chi connectivity index (χ3v) is 4.28. The number of Topliss-reactive ketones (excluding diaryl/α,β-unsaturated/α-hetero) is 1. The van der Waals surface area contributed by atoms with Crippen molar-refractivity contribution in [1.82, 2.24) is 4.90 Å². The van der Waals surface area contributed by atoms with Gasteiger partial charge in [-0.1, -0.05) is 25.7 Å². The van der Waals surface area contributed by atoms with Gasteiger partial charge >= 0.3 is 0 Å². The molecule has 2 aliphatic rings. The lowest BCUT2D eigenvalue weighted by molar-refractivity contribution is -0.124. The Hall–Kier alpha value is -0.370. The lowest BCUT2D eigenvalue weighted by atomic mass is 9.84. The average molecular weight is 223 g/mol. The second-order valence-electron chi connectivity index (χ2n) is 5.79. The average Bonchev–Trinajstić information content (AvgIpc) is 2.25. The van der Waals surface area contributed by atoms with E-state index in [1.807, 2.05) is 0 Å². The van der Waals surface area contributed by atoms with E-state index in [4.69, 9.17) is 0 Å². The van der Waals surface area contributed by atoms with Gasteiger partial charge in [-0.25, -0.2) is 0 Å². The van der Waals surface area contributed by atoms with Gasteiger partial charge in [0.1, 0.15) is 5.78 Å². The van der Waals surface area contributed by atoms with Crippen molar-refractivity contribution in [2.75, 3.05) is 20.1 Å². The second-order valence-corrected chi connectivity index (χ2v) is 5.79. The first-order valence-corrected chi connectivity index (χ1v) is 6.97. The summed E-state index contributed by atoms with van der Waals surface area (Å²) < 4.78 is 0. The van der Waals surface area contributed by atoms with Crippen molar-refractivity contribution in [2.45, 2.75) is 51.4 Å². The smallest absolute Gasteiger partial charge is 0.149 e. The largest absolute Gasteiger partial charge is 0.299 e. The van der Waals surface area contributed by atoms with Crippen molar-refractivity contribution >= 4 is 5.78 Å². The van der Waals surface area contributed by atoms with Crippen LogP contribution in [-0.2, 0) is 4.79 Å². The second kappa shape index (κ2) is 5.81. The predicted octanol–water partition coefficient (Wildman–Crippen LogP) is 2.87. The Balaban J connectivity index is 1.68. The van der Waals surface area contributed by atoms with Crippen LogP contribution < -0.4 is 0 Å².